The van der Waals surface area contributed by atoms with Gasteiger partial charge in [-0.2, -0.15) is 5.10 Å². The zero-order valence-corrected chi connectivity index (χ0v) is 22.2. The second-order valence-electron chi connectivity index (χ2n) is 8.70. The third-order valence-corrected chi connectivity index (χ3v) is 5.35. The number of nitro groups is 2. The van der Waals surface area contributed by atoms with Crippen LogP contribution in [-0.2, 0) is 4.79 Å². The molecular formula is C27H25N5O9. The molecule has 0 bridgehead atoms. The van der Waals surface area contributed by atoms with Gasteiger partial charge in [0.05, 0.1) is 34.3 Å². The fourth-order valence-electron chi connectivity index (χ4n) is 3.26. The van der Waals surface area contributed by atoms with Crippen molar-refractivity contribution in [2.24, 2.45) is 11.0 Å². The standard InChI is InChI=1S/C27H25N5O9/c1-4-40-24-11-17(15-28-30-26(34)18-6-8-20(9-7-18)29-25(33)16(2)3)5-10-23(24)41-27(35)19-12-21(31(36)37)14-22(13-19)32(38)39/h5-16H,4H2,1-3H3,(H,29,33)(H,30,34)/b28-15+. The molecule has 2 amide bonds. The number of ether oxygens (including phenoxy) is 2. The van der Waals surface area contributed by atoms with Crippen LogP contribution in [0.25, 0.3) is 0 Å². The number of nitrogens with one attached hydrogen (secondary N) is 2. The van der Waals surface area contributed by atoms with Crippen LogP contribution in [0.3, 0.4) is 0 Å². The van der Waals surface area contributed by atoms with Gasteiger partial charge in [-0.1, -0.05) is 13.8 Å². The summed E-state index contributed by atoms with van der Waals surface area (Å²) in [5.74, 6) is -1.82. The van der Waals surface area contributed by atoms with E-state index in [1.54, 1.807) is 32.9 Å². The van der Waals surface area contributed by atoms with Crippen LogP contribution in [0, 0.1) is 26.1 Å². The summed E-state index contributed by atoms with van der Waals surface area (Å²) in [6.07, 6.45) is 1.33. The number of esters is 1. The maximum absolute atomic E-state index is 12.7. The van der Waals surface area contributed by atoms with E-state index in [1.165, 1.54) is 36.5 Å². The lowest BCUT2D eigenvalue weighted by molar-refractivity contribution is -0.394. The molecular weight excluding hydrogens is 538 g/mol. The number of hydrogen-bond donors (Lipinski definition) is 2. The van der Waals surface area contributed by atoms with Gasteiger partial charge in [0.15, 0.2) is 11.5 Å². The van der Waals surface area contributed by atoms with Crippen LogP contribution in [0.1, 0.15) is 47.1 Å². The second-order valence-corrected chi connectivity index (χ2v) is 8.70. The van der Waals surface area contributed by atoms with Gasteiger partial charge in [0.25, 0.3) is 17.3 Å². The molecule has 3 aromatic rings. The Balaban J connectivity index is 1.71. The summed E-state index contributed by atoms with van der Waals surface area (Å²) in [6.45, 7) is 5.42. The zero-order chi connectivity index (χ0) is 30.1. The van der Waals surface area contributed by atoms with Crippen LogP contribution in [0.5, 0.6) is 11.5 Å². The molecule has 0 spiro atoms. The van der Waals surface area contributed by atoms with Crippen LogP contribution >= 0.6 is 0 Å². The van der Waals surface area contributed by atoms with Gasteiger partial charge in [0, 0.05) is 29.3 Å². The summed E-state index contributed by atoms with van der Waals surface area (Å²) < 4.78 is 10.8. The highest BCUT2D eigenvalue weighted by Crippen LogP contribution is 2.30. The molecule has 14 nitrogen and oxygen atoms in total. The molecule has 0 atom stereocenters. The highest BCUT2D eigenvalue weighted by molar-refractivity contribution is 5.97. The predicted molar refractivity (Wildman–Crippen MR) is 147 cm³/mol. The molecule has 0 unspecified atom stereocenters. The first-order chi connectivity index (χ1) is 19.5. The fourth-order valence-corrected chi connectivity index (χ4v) is 3.26. The van der Waals surface area contributed by atoms with Gasteiger partial charge in [-0.3, -0.25) is 29.8 Å². The predicted octanol–water partition coefficient (Wildman–Crippen LogP) is 4.48. The average molecular weight is 564 g/mol. The van der Waals surface area contributed by atoms with Crippen molar-refractivity contribution in [1.29, 1.82) is 0 Å². The quantitative estimate of drug-likeness (QED) is 0.111. The molecule has 212 valence electrons. The number of hydrazone groups is 1. The van der Waals surface area contributed by atoms with E-state index in [2.05, 4.69) is 15.8 Å². The largest absolute Gasteiger partial charge is 0.490 e. The van der Waals surface area contributed by atoms with E-state index < -0.39 is 38.7 Å². The first-order valence-corrected chi connectivity index (χ1v) is 12.2. The lowest BCUT2D eigenvalue weighted by Crippen LogP contribution is -2.19. The Labute approximate surface area is 233 Å². The van der Waals surface area contributed by atoms with Gasteiger partial charge in [0.2, 0.25) is 5.91 Å². The van der Waals surface area contributed by atoms with Crippen molar-refractivity contribution in [2.45, 2.75) is 20.8 Å². The lowest BCUT2D eigenvalue weighted by atomic mass is 10.1. The van der Waals surface area contributed by atoms with Crippen LogP contribution < -0.4 is 20.2 Å². The molecule has 2 N–H and O–H groups in total. The minimum atomic E-state index is -1.07. The van der Waals surface area contributed by atoms with E-state index >= 15 is 0 Å². The van der Waals surface area contributed by atoms with Crippen LogP contribution in [0.4, 0.5) is 17.1 Å². The molecule has 0 aromatic heterocycles. The van der Waals surface area contributed by atoms with Gasteiger partial charge >= 0.3 is 5.97 Å². The molecule has 0 heterocycles. The van der Waals surface area contributed by atoms with Gasteiger partial charge in [-0.05, 0) is 55.0 Å². The molecule has 0 saturated carbocycles. The van der Waals surface area contributed by atoms with Gasteiger partial charge in [0.1, 0.15) is 0 Å². The molecule has 3 rings (SSSR count). The topological polar surface area (TPSA) is 192 Å². The van der Waals surface area contributed by atoms with Crippen molar-refractivity contribution in [3.63, 3.8) is 0 Å². The minimum Gasteiger partial charge on any atom is -0.490 e. The summed E-state index contributed by atoms with van der Waals surface area (Å²) in [7, 11) is 0. The summed E-state index contributed by atoms with van der Waals surface area (Å²) in [6, 6.07) is 13.1. The Morgan fingerprint density at radius 1 is 0.902 bits per heavy atom. The van der Waals surface area contributed by atoms with Crippen molar-refractivity contribution in [3.05, 3.63) is 97.6 Å². The molecule has 0 radical (unpaired) electrons. The first kappa shape index (κ1) is 29.9. The average Bonchev–Trinajstić information content (AvgIpc) is 2.94. The number of rotatable bonds is 11. The van der Waals surface area contributed by atoms with Crippen LogP contribution in [0.15, 0.2) is 65.8 Å². The number of carbonyl (C=O) groups excluding carboxylic acids is 3. The molecule has 0 aliphatic rings. The summed E-state index contributed by atoms with van der Waals surface area (Å²) in [5, 5.41) is 28.9. The monoisotopic (exact) mass is 563 g/mol. The SMILES string of the molecule is CCOc1cc(/C=N/NC(=O)c2ccc(NC(=O)C(C)C)cc2)ccc1OC(=O)c1cc([N+](=O)[O-])cc([N+](=O)[O-])c1. The van der Waals surface area contributed by atoms with Crippen LogP contribution in [-0.4, -0.2) is 40.5 Å². The highest BCUT2D eigenvalue weighted by Gasteiger charge is 2.22. The molecule has 0 aliphatic heterocycles. The number of non-ortho nitro benzene ring substituents is 2. The Hall–Kier alpha value is -5.66. The minimum absolute atomic E-state index is 0.0446. The number of benzene rings is 3. The molecule has 0 aliphatic carbocycles. The van der Waals surface area contributed by atoms with Crippen molar-refractivity contribution >= 4 is 41.1 Å². The van der Waals surface area contributed by atoms with E-state index in [0.29, 0.717) is 16.8 Å². The number of carbonyl (C=O) groups is 3. The molecule has 0 saturated heterocycles. The highest BCUT2D eigenvalue weighted by atomic mass is 16.6. The Kier molecular flexibility index (Phi) is 9.78. The maximum Gasteiger partial charge on any atom is 0.344 e. The summed E-state index contributed by atoms with van der Waals surface area (Å²) in [4.78, 5) is 57.4. The smallest absolute Gasteiger partial charge is 0.344 e. The van der Waals surface area contributed by atoms with E-state index in [-0.39, 0.29) is 29.9 Å². The summed E-state index contributed by atoms with van der Waals surface area (Å²) >= 11 is 0. The molecule has 14 heteroatoms. The third-order valence-electron chi connectivity index (χ3n) is 5.35. The third kappa shape index (κ3) is 8.16. The number of amides is 2. The fraction of sp³-hybridized carbons (Fsp3) is 0.185. The number of hydrogen-bond acceptors (Lipinski definition) is 10. The van der Waals surface area contributed by atoms with Crippen molar-refractivity contribution in [3.8, 4) is 11.5 Å². The zero-order valence-electron chi connectivity index (χ0n) is 22.2. The van der Waals surface area contributed by atoms with Crippen LogP contribution in [0.2, 0.25) is 0 Å². The lowest BCUT2D eigenvalue weighted by Gasteiger charge is -2.11. The molecule has 3 aromatic carbocycles. The number of nitrogens with zero attached hydrogens (tertiary/aromatic N) is 3. The normalized spacial score (nSPS) is 10.7. The van der Waals surface area contributed by atoms with Gasteiger partial charge in [-0.25, -0.2) is 10.2 Å². The number of nitro benzene ring substituents is 2. The molecule has 0 fully saturated rings. The number of anilines is 1. The Morgan fingerprint density at radius 3 is 2.10 bits per heavy atom. The summed E-state index contributed by atoms with van der Waals surface area (Å²) in [5.41, 5.74) is 2.03. The van der Waals surface area contributed by atoms with E-state index in [4.69, 9.17) is 9.47 Å². The maximum atomic E-state index is 12.7. The second kappa shape index (κ2) is 13.4. The van der Waals surface area contributed by atoms with E-state index in [1.807, 2.05) is 0 Å². The van der Waals surface area contributed by atoms with Crippen molar-refractivity contribution in [1.82, 2.24) is 5.43 Å². The Bertz CT molecular complexity index is 1490. The Morgan fingerprint density at radius 2 is 1.54 bits per heavy atom. The van der Waals surface area contributed by atoms with E-state index in [9.17, 15) is 34.6 Å². The van der Waals surface area contributed by atoms with Gasteiger partial charge in [-0.15, -0.1) is 0 Å². The van der Waals surface area contributed by atoms with Gasteiger partial charge < -0.3 is 14.8 Å². The van der Waals surface area contributed by atoms with Crippen molar-refractivity contribution in [2.75, 3.05) is 11.9 Å². The van der Waals surface area contributed by atoms with E-state index in [0.717, 1.165) is 18.2 Å². The van der Waals surface area contributed by atoms with Crippen molar-refractivity contribution < 1.29 is 33.7 Å². The molecule has 41 heavy (non-hydrogen) atoms. The first-order valence-electron chi connectivity index (χ1n) is 12.2.